The lowest BCUT2D eigenvalue weighted by Gasteiger charge is -2.34. The van der Waals surface area contributed by atoms with Crippen LogP contribution in [0.15, 0.2) is 49.1 Å². The summed E-state index contributed by atoms with van der Waals surface area (Å²) in [4.78, 5) is 8.24. The topological polar surface area (TPSA) is 24.3 Å². The van der Waals surface area contributed by atoms with Gasteiger partial charge in [-0.15, -0.1) is 0 Å². The van der Waals surface area contributed by atoms with E-state index in [1.54, 1.807) is 11.1 Å². The van der Waals surface area contributed by atoms with E-state index in [1.807, 2.05) is 31.6 Å². The second-order valence-corrected chi connectivity index (χ2v) is 7.07. The first-order valence-electron chi connectivity index (χ1n) is 10.9. The van der Waals surface area contributed by atoms with E-state index in [2.05, 4.69) is 39.6 Å². The van der Waals surface area contributed by atoms with Crippen molar-refractivity contribution in [2.24, 2.45) is 0 Å². The van der Waals surface area contributed by atoms with Crippen LogP contribution >= 0.6 is 0 Å². The first-order valence-corrected chi connectivity index (χ1v) is 8.95. The number of hydrogen-bond acceptors (Lipinski definition) is 3. The molecule has 26 heavy (non-hydrogen) atoms. The third kappa shape index (κ3) is 1.93. The van der Waals surface area contributed by atoms with Crippen LogP contribution < -0.4 is 4.90 Å². The number of aromatic nitrogens is 2. The smallest absolute Gasteiger partial charge is 0.117 e. The number of nitrogens with zero attached hydrogens (tertiary/aromatic N) is 4. The lowest BCUT2D eigenvalue weighted by atomic mass is 9.95. The molecule has 4 heteroatoms. The molecule has 0 saturated carbocycles. The summed E-state index contributed by atoms with van der Waals surface area (Å²) in [6.07, 6.45) is 7.88. The average molecular weight is 348 g/mol. The summed E-state index contributed by atoms with van der Waals surface area (Å²) < 4.78 is 34.2. The molecule has 2 unspecified atom stereocenters. The number of aryl methyl sites for hydroxylation is 1. The van der Waals surface area contributed by atoms with E-state index in [-0.39, 0.29) is 6.17 Å². The molecule has 0 bridgehead atoms. The van der Waals surface area contributed by atoms with Crippen LogP contribution in [0.4, 0.5) is 5.69 Å². The molecule has 0 N–H and O–H groups in total. The van der Waals surface area contributed by atoms with Gasteiger partial charge in [0.2, 0.25) is 0 Å². The summed E-state index contributed by atoms with van der Waals surface area (Å²) in [5, 5.41) is 2.40. The van der Waals surface area contributed by atoms with Crippen LogP contribution in [0, 0.1) is 6.92 Å². The zero-order chi connectivity index (χ0) is 21.4. The van der Waals surface area contributed by atoms with Gasteiger partial charge in [0.25, 0.3) is 0 Å². The van der Waals surface area contributed by atoms with E-state index >= 15 is 0 Å². The molecule has 2 aromatic carbocycles. The van der Waals surface area contributed by atoms with Gasteiger partial charge in [-0.1, -0.05) is 24.3 Å². The third-order valence-electron chi connectivity index (χ3n) is 5.65. The van der Waals surface area contributed by atoms with E-state index in [0.717, 1.165) is 29.2 Å². The second kappa shape index (κ2) is 5.37. The number of anilines is 1. The van der Waals surface area contributed by atoms with Gasteiger partial charge in [0, 0.05) is 41.3 Å². The van der Waals surface area contributed by atoms with Crippen molar-refractivity contribution in [2.75, 3.05) is 4.90 Å². The van der Waals surface area contributed by atoms with Gasteiger partial charge in [0.15, 0.2) is 0 Å². The lowest BCUT2D eigenvalue weighted by molar-refractivity contribution is 0.263. The molecule has 3 aromatic rings. The highest BCUT2D eigenvalue weighted by Gasteiger charge is 2.33. The number of hydrogen-bond donors (Lipinski definition) is 0. The molecule has 0 aliphatic carbocycles. The van der Waals surface area contributed by atoms with Crippen molar-refractivity contribution < 1.29 is 5.48 Å². The molecule has 4 nitrogen and oxygen atoms in total. The second-order valence-electron chi connectivity index (χ2n) is 7.07. The van der Waals surface area contributed by atoms with Gasteiger partial charge in [0.1, 0.15) is 12.0 Å². The Bertz CT molecular complexity index is 1190. The van der Waals surface area contributed by atoms with Gasteiger partial charge in [-0.05, 0) is 49.5 Å². The van der Waals surface area contributed by atoms with Crippen molar-refractivity contribution in [1.29, 1.82) is 0 Å². The molecule has 1 aromatic heterocycles. The quantitative estimate of drug-likeness (QED) is 0.530. The van der Waals surface area contributed by atoms with Gasteiger partial charge >= 0.3 is 0 Å². The van der Waals surface area contributed by atoms with Gasteiger partial charge in [-0.25, -0.2) is 4.98 Å². The lowest BCUT2D eigenvalue weighted by Crippen LogP contribution is -2.40. The predicted molar refractivity (Wildman–Crippen MR) is 107 cm³/mol. The zero-order valence-corrected chi connectivity index (χ0v) is 15.2. The standard InChI is InChI=1S/C22H24N4/c1-14(2)24-11-12-25(16(24)4)21-15(3)17-7-5-6-8-18(17)19-13-20-23-9-10-26(20)22(19)21/h5-12,14,16H,13H2,1-4H3/i1D3,14D. The Hall–Kier alpha value is -2.75. The molecule has 0 amide bonds. The minimum Gasteiger partial charge on any atom is -0.353 e. The van der Waals surface area contributed by atoms with Crippen LogP contribution in [-0.4, -0.2) is 26.6 Å². The average Bonchev–Trinajstić information content (AvgIpc) is 3.37. The van der Waals surface area contributed by atoms with Gasteiger partial charge < -0.3 is 14.4 Å². The molecular formula is C22H24N4. The highest BCUT2D eigenvalue weighted by Crippen LogP contribution is 2.45. The summed E-state index contributed by atoms with van der Waals surface area (Å²) in [5.74, 6) is 1.00. The fourth-order valence-corrected chi connectivity index (χ4v) is 4.41. The van der Waals surface area contributed by atoms with Crippen LogP contribution in [0.1, 0.15) is 43.1 Å². The van der Waals surface area contributed by atoms with E-state index in [0.29, 0.717) is 0 Å². The first-order chi connectivity index (χ1) is 14.1. The van der Waals surface area contributed by atoms with E-state index < -0.39 is 12.9 Å². The minimum atomic E-state index is -2.43. The largest absolute Gasteiger partial charge is 0.353 e. The van der Waals surface area contributed by atoms with Crippen LogP contribution in [0.25, 0.3) is 16.5 Å². The predicted octanol–water partition coefficient (Wildman–Crippen LogP) is 4.59. The van der Waals surface area contributed by atoms with Crippen LogP contribution in [0.5, 0.6) is 0 Å². The fourth-order valence-electron chi connectivity index (χ4n) is 4.41. The molecule has 0 radical (unpaired) electrons. The van der Waals surface area contributed by atoms with Gasteiger partial charge in [0.05, 0.1) is 12.7 Å². The number of benzene rings is 2. The van der Waals surface area contributed by atoms with Crippen molar-refractivity contribution in [2.45, 2.75) is 46.2 Å². The molecule has 2 aliphatic heterocycles. The molecule has 0 spiro atoms. The van der Waals surface area contributed by atoms with E-state index in [4.69, 9.17) is 5.48 Å². The van der Waals surface area contributed by atoms with Crippen LogP contribution in [0.2, 0.25) is 0 Å². The Morgan fingerprint density at radius 2 is 2.04 bits per heavy atom. The first kappa shape index (κ1) is 11.8. The van der Waals surface area contributed by atoms with Crippen molar-refractivity contribution in [3.05, 3.63) is 66.0 Å². The molecule has 132 valence electrons. The molecule has 0 fully saturated rings. The van der Waals surface area contributed by atoms with Gasteiger partial charge in [-0.3, -0.25) is 0 Å². The normalized spacial score (nSPS) is 23.3. The Balaban J connectivity index is 1.71. The third-order valence-corrected chi connectivity index (χ3v) is 5.65. The maximum Gasteiger partial charge on any atom is 0.117 e. The molecule has 0 saturated heterocycles. The number of imidazole rings is 1. The Kier molecular flexibility index (Phi) is 2.43. The van der Waals surface area contributed by atoms with Crippen molar-refractivity contribution in [3.8, 4) is 5.69 Å². The summed E-state index contributed by atoms with van der Waals surface area (Å²) in [7, 11) is 0. The zero-order valence-electron chi connectivity index (χ0n) is 19.2. The molecule has 2 atom stereocenters. The monoisotopic (exact) mass is 348 g/mol. The summed E-state index contributed by atoms with van der Waals surface area (Å²) >= 11 is 0. The fraction of sp³-hybridized carbons (Fsp3) is 0.318. The van der Waals surface area contributed by atoms with Crippen molar-refractivity contribution in [3.63, 3.8) is 0 Å². The highest BCUT2D eigenvalue weighted by molar-refractivity contribution is 5.99. The maximum absolute atomic E-state index is 8.56. The van der Waals surface area contributed by atoms with Crippen molar-refractivity contribution in [1.82, 2.24) is 14.5 Å². The van der Waals surface area contributed by atoms with Crippen LogP contribution in [-0.2, 0) is 6.42 Å². The molecule has 3 heterocycles. The highest BCUT2D eigenvalue weighted by atomic mass is 15.4. The molecule has 2 aliphatic rings. The summed E-state index contributed by atoms with van der Waals surface area (Å²) in [6.45, 7) is 3.08. The Morgan fingerprint density at radius 1 is 1.23 bits per heavy atom. The Morgan fingerprint density at radius 3 is 2.85 bits per heavy atom. The minimum absolute atomic E-state index is 0.315. The molecular weight excluding hydrogens is 320 g/mol. The SMILES string of the molecule is [2H]C([2H])([2H])C([2H])(C)N1C=CN(c2c3c(c4ccccc4c2C)Cc2nccn2-3)C1C. The maximum atomic E-state index is 8.56. The number of fused-ring (bicyclic) bond motifs is 5. The summed E-state index contributed by atoms with van der Waals surface area (Å²) in [6, 6.07) is 6.66. The van der Waals surface area contributed by atoms with E-state index in [1.165, 1.54) is 23.3 Å². The van der Waals surface area contributed by atoms with Crippen molar-refractivity contribution >= 4 is 16.5 Å². The van der Waals surface area contributed by atoms with E-state index in [9.17, 15) is 0 Å². The van der Waals surface area contributed by atoms with Gasteiger partial charge in [-0.2, -0.15) is 0 Å². The van der Waals surface area contributed by atoms with Crippen LogP contribution in [0.3, 0.4) is 0 Å². The number of rotatable bonds is 2. The Labute approximate surface area is 160 Å². The summed E-state index contributed by atoms with van der Waals surface area (Å²) in [5.41, 5.74) is 4.49. The molecule has 5 rings (SSSR count).